The van der Waals surface area contributed by atoms with E-state index >= 15 is 0 Å². The number of pyridine rings is 1. The summed E-state index contributed by atoms with van der Waals surface area (Å²) >= 11 is 0. The molecule has 0 bridgehead atoms. The second-order valence-corrected chi connectivity index (χ2v) is 15.1. The van der Waals surface area contributed by atoms with E-state index in [1.165, 1.54) is 0 Å². The summed E-state index contributed by atoms with van der Waals surface area (Å²) in [5.41, 5.74) is 7.10. The van der Waals surface area contributed by atoms with Crippen molar-refractivity contribution in [1.82, 2.24) is 15.2 Å². The zero-order chi connectivity index (χ0) is 36.2. The van der Waals surface area contributed by atoms with Crippen LogP contribution in [-0.4, -0.2) is 65.2 Å². The van der Waals surface area contributed by atoms with Gasteiger partial charge in [0.1, 0.15) is 28.9 Å². The lowest BCUT2D eigenvalue weighted by Crippen LogP contribution is -2.51. The molecule has 4 aliphatic rings. The molecule has 0 spiro atoms. The maximum absolute atomic E-state index is 14.7. The number of fused-ring (bicyclic) bond motifs is 3. The molecule has 3 N–H and O–H groups in total. The van der Waals surface area contributed by atoms with E-state index in [-0.39, 0.29) is 36.4 Å². The van der Waals surface area contributed by atoms with Gasteiger partial charge in [-0.15, -0.1) is 0 Å². The Morgan fingerprint density at radius 1 is 0.962 bits per heavy atom. The topological polar surface area (TPSA) is 141 Å². The van der Waals surface area contributed by atoms with E-state index in [1.807, 2.05) is 65.6 Å². The highest BCUT2D eigenvalue weighted by Gasteiger charge is 2.60. The van der Waals surface area contributed by atoms with E-state index in [9.17, 15) is 19.2 Å². The monoisotopic (exact) mass is 706 g/mol. The molecule has 1 unspecified atom stereocenters. The fourth-order valence-corrected chi connectivity index (χ4v) is 8.57. The Kier molecular flexibility index (Phi) is 10.6. The minimum absolute atomic E-state index is 0.0197. The minimum atomic E-state index is -1.16. The number of carbonyl (C=O) groups excluding carboxylic acids is 4. The molecule has 2 saturated carbocycles. The number of piperidine rings is 1. The molecule has 2 aliphatic carbocycles. The van der Waals surface area contributed by atoms with Crippen LogP contribution in [0.5, 0.6) is 11.5 Å². The Morgan fingerprint density at radius 2 is 1.73 bits per heavy atom. The first-order valence-electron chi connectivity index (χ1n) is 19.1. The van der Waals surface area contributed by atoms with Gasteiger partial charge in [-0.3, -0.25) is 19.2 Å². The van der Waals surface area contributed by atoms with Crippen molar-refractivity contribution in [3.05, 3.63) is 66.7 Å². The number of likely N-dealkylation sites (tertiary alicyclic amines) is 1. The average molecular weight is 707 g/mol. The summed E-state index contributed by atoms with van der Waals surface area (Å²) in [6.45, 7) is 1.45. The third-order valence-corrected chi connectivity index (χ3v) is 11.7. The van der Waals surface area contributed by atoms with Crippen LogP contribution in [0, 0.1) is 23.7 Å². The molecule has 10 heteroatoms. The van der Waals surface area contributed by atoms with Gasteiger partial charge in [0.25, 0.3) is 0 Å². The summed E-state index contributed by atoms with van der Waals surface area (Å²) in [5.74, 6) is -1.77. The molecule has 7 rings (SSSR count). The molecule has 274 valence electrons. The van der Waals surface area contributed by atoms with Gasteiger partial charge in [0, 0.05) is 60.3 Å². The van der Waals surface area contributed by atoms with E-state index in [1.54, 1.807) is 7.11 Å². The van der Waals surface area contributed by atoms with Crippen molar-refractivity contribution in [1.29, 1.82) is 0 Å². The number of nitrogens with zero attached hydrogens (tertiary/aromatic N) is 2. The molecule has 52 heavy (non-hydrogen) atoms. The average Bonchev–Trinajstić information content (AvgIpc) is 3.70. The lowest BCUT2D eigenvalue weighted by atomic mass is 9.80. The maximum atomic E-state index is 14.7. The number of hydrogen-bond acceptors (Lipinski definition) is 7. The molecule has 1 aromatic heterocycles. The summed E-state index contributed by atoms with van der Waals surface area (Å²) in [5, 5.41) is 3.81. The fraction of sp³-hybridized carbons (Fsp3) is 0.500. The number of nitrogens with one attached hydrogen (secondary N) is 1. The van der Waals surface area contributed by atoms with Crippen LogP contribution in [0.1, 0.15) is 77.0 Å². The molecule has 2 aliphatic heterocycles. The first-order valence-corrected chi connectivity index (χ1v) is 19.1. The predicted octanol–water partition coefficient (Wildman–Crippen LogP) is 6.15. The maximum Gasteiger partial charge on any atom is 0.243 e. The van der Waals surface area contributed by atoms with E-state index in [4.69, 9.17) is 20.2 Å². The van der Waals surface area contributed by atoms with Crippen molar-refractivity contribution in [3.63, 3.8) is 0 Å². The smallest absolute Gasteiger partial charge is 0.243 e. The molecule has 6 atom stereocenters. The van der Waals surface area contributed by atoms with Crippen LogP contribution >= 0.6 is 0 Å². The van der Waals surface area contributed by atoms with Crippen LogP contribution in [-0.2, 0) is 19.2 Å². The van der Waals surface area contributed by atoms with E-state index in [2.05, 4.69) is 11.4 Å². The van der Waals surface area contributed by atoms with Crippen molar-refractivity contribution in [2.45, 2.75) is 88.7 Å². The van der Waals surface area contributed by atoms with Crippen molar-refractivity contribution >= 4 is 34.4 Å². The van der Waals surface area contributed by atoms with Gasteiger partial charge in [0.05, 0.1) is 24.2 Å². The Morgan fingerprint density at radius 3 is 2.50 bits per heavy atom. The second kappa shape index (κ2) is 15.5. The molecule has 3 heterocycles. The third-order valence-electron chi connectivity index (χ3n) is 11.7. The summed E-state index contributed by atoms with van der Waals surface area (Å²) < 4.78 is 12.3. The predicted molar refractivity (Wildman–Crippen MR) is 198 cm³/mol. The van der Waals surface area contributed by atoms with Crippen LogP contribution in [0.3, 0.4) is 0 Å². The lowest BCUT2D eigenvalue weighted by molar-refractivity contribution is -0.140. The van der Waals surface area contributed by atoms with Gasteiger partial charge in [0.15, 0.2) is 0 Å². The van der Waals surface area contributed by atoms with Crippen LogP contribution in [0.2, 0.25) is 0 Å². The summed E-state index contributed by atoms with van der Waals surface area (Å²) in [6, 6.07) is 17.4. The number of Topliss-reactive ketones (excluding diaryl/α,β-unsaturated/α-hetero) is 1. The molecule has 1 saturated heterocycles. The van der Waals surface area contributed by atoms with Crippen LogP contribution in [0.25, 0.3) is 22.2 Å². The van der Waals surface area contributed by atoms with Crippen molar-refractivity contribution in [3.8, 4) is 22.8 Å². The number of amides is 3. The van der Waals surface area contributed by atoms with Crippen LogP contribution in [0.15, 0.2) is 66.7 Å². The normalized spacial score (nSPS) is 28.8. The largest absolute Gasteiger partial charge is 0.497 e. The lowest BCUT2D eigenvalue weighted by Gasteiger charge is -2.29. The quantitative estimate of drug-likeness (QED) is 0.281. The Hall–Kier alpha value is -4.73. The van der Waals surface area contributed by atoms with Gasteiger partial charge in [-0.2, -0.15) is 0 Å². The number of ketones is 1. The second-order valence-electron chi connectivity index (χ2n) is 15.1. The Bertz CT molecular complexity index is 1840. The van der Waals surface area contributed by atoms with Gasteiger partial charge in [0.2, 0.25) is 17.7 Å². The standard InChI is InChI=1S/C42H50N4O6/c1-51-30-17-18-32-36(24-30)44-35(27-13-8-5-9-14-27)25-37(32)52-31-22-33-34(23-31)40(49)45-42(41(43)50)26-29(42)16-10-4-2-3-7-15-28(39(33)48)21-38(47)46-19-11-6-12-20-46/h5,8-10,13-14,16-18,24-25,28-29,31,33-34H,2-4,6-7,11-12,15,19-23,26H2,1H3,(H2,43,50)(H,45,49)/b16-10-/t28-,29+,31+,33?,34-,42-/m1/s1. The minimum Gasteiger partial charge on any atom is -0.497 e. The SMILES string of the molecule is COc1ccc2c(O[C@H]3CC4C(=O)[C@@H](CC(=O)N5CCCCC5)CCCCC/C=C\[C@H]5C[C@@]5(C(N)=O)NC(=O)[C@@H]4C3)cc(-c3ccccc3)nc2c1. The van der Waals surface area contributed by atoms with Gasteiger partial charge in [-0.25, -0.2) is 4.98 Å². The van der Waals surface area contributed by atoms with Gasteiger partial charge < -0.3 is 25.4 Å². The highest BCUT2D eigenvalue weighted by Crippen LogP contribution is 2.47. The molecular formula is C42H50N4O6. The summed E-state index contributed by atoms with van der Waals surface area (Å²) in [7, 11) is 1.61. The molecule has 2 aromatic carbocycles. The van der Waals surface area contributed by atoms with Gasteiger partial charge in [-0.05, 0) is 69.9 Å². The van der Waals surface area contributed by atoms with Crippen molar-refractivity contribution in [2.75, 3.05) is 20.2 Å². The number of aromatic nitrogens is 1. The number of primary amides is 1. The first kappa shape index (κ1) is 35.7. The zero-order valence-electron chi connectivity index (χ0n) is 30.1. The van der Waals surface area contributed by atoms with Gasteiger partial charge >= 0.3 is 0 Å². The van der Waals surface area contributed by atoms with Crippen molar-refractivity contribution < 1.29 is 28.7 Å². The van der Waals surface area contributed by atoms with Crippen LogP contribution < -0.4 is 20.5 Å². The van der Waals surface area contributed by atoms with Crippen LogP contribution in [0.4, 0.5) is 0 Å². The number of hydrogen-bond donors (Lipinski definition) is 2. The first-order chi connectivity index (χ1) is 25.3. The number of ether oxygens (including phenoxy) is 2. The number of rotatable bonds is 7. The highest BCUT2D eigenvalue weighted by atomic mass is 16.5. The molecule has 3 amide bonds. The van der Waals surface area contributed by atoms with Crippen molar-refractivity contribution in [2.24, 2.45) is 29.4 Å². The number of carbonyl (C=O) groups is 4. The summed E-state index contributed by atoms with van der Waals surface area (Å²) in [6.07, 6.45) is 12.0. The molecule has 3 aromatic rings. The molecular weight excluding hydrogens is 656 g/mol. The highest BCUT2D eigenvalue weighted by molar-refractivity contribution is 5.98. The molecule has 0 radical (unpaired) electrons. The van der Waals surface area contributed by atoms with E-state index < -0.39 is 35.3 Å². The number of allylic oxidation sites excluding steroid dienone is 1. The zero-order valence-corrected chi connectivity index (χ0v) is 30.1. The Labute approximate surface area is 305 Å². The fourth-order valence-electron chi connectivity index (χ4n) is 8.57. The van der Waals surface area contributed by atoms with E-state index in [0.717, 1.165) is 74.7 Å². The number of methoxy groups -OCH3 is 1. The molecule has 10 nitrogen and oxygen atoms in total. The third kappa shape index (κ3) is 7.57. The summed E-state index contributed by atoms with van der Waals surface area (Å²) in [4.78, 5) is 62.2. The van der Waals surface area contributed by atoms with Gasteiger partial charge in [-0.1, -0.05) is 55.3 Å². The Balaban J connectivity index is 1.21. The number of benzene rings is 2. The number of nitrogens with two attached hydrogens (primary N) is 1. The van der Waals surface area contributed by atoms with E-state index in [0.29, 0.717) is 36.3 Å². The molecule has 3 fully saturated rings.